The number of fused-ring (bicyclic) bond motifs is 1. The Hall–Kier alpha value is -0.360. The lowest BCUT2D eigenvalue weighted by molar-refractivity contribution is -0.230. The molecule has 3 aliphatic rings. The van der Waals surface area contributed by atoms with E-state index in [1.165, 1.54) is 0 Å². The van der Waals surface area contributed by atoms with Crippen LogP contribution in [0, 0.1) is 11.3 Å². The van der Waals surface area contributed by atoms with E-state index >= 15 is 0 Å². The van der Waals surface area contributed by atoms with Gasteiger partial charge in [0.1, 0.15) is 5.54 Å². The summed E-state index contributed by atoms with van der Waals surface area (Å²) < 4.78 is 5.88. The fourth-order valence-electron chi connectivity index (χ4n) is 4.28. The predicted molar refractivity (Wildman–Crippen MR) is 84.5 cm³/mol. The number of hydrogen-bond donors (Lipinski definition) is 1. The van der Waals surface area contributed by atoms with Crippen molar-refractivity contribution >= 4 is 18.3 Å². The Morgan fingerprint density at radius 3 is 2.48 bits per heavy atom. The van der Waals surface area contributed by atoms with Gasteiger partial charge in [-0.1, -0.05) is 13.8 Å². The first-order valence-corrected chi connectivity index (χ1v) is 7.77. The zero-order valence-electron chi connectivity index (χ0n) is 13.3. The maximum absolute atomic E-state index is 13.0. The molecule has 21 heavy (non-hydrogen) atoms. The molecule has 5 nitrogen and oxygen atoms in total. The van der Waals surface area contributed by atoms with Gasteiger partial charge < -0.3 is 20.3 Å². The maximum Gasteiger partial charge on any atom is 0.243 e. The second kappa shape index (κ2) is 5.69. The van der Waals surface area contributed by atoms with Crippen LogP contribution in [0.1, 0.15) is 26.7 Å². The molecule has 2 saturated heterocycles. The van der Waals surface area contributed by atoms with Crippen molar-refractivity contribution in [2.45, 2.75) is 38.3 Å². The van der Waals surface area contributed by atoms with Gasteiger partial charge in [0.05, 0.1) is 6.10 Å². The molecule has 0 aromatic carbocycles. The number of amides is 1. The molecule has 6 heteroatoms. The van der Waals surface area contributed by atoms with Crippen LogP contribution in [-0.4, -0.2) is 67.2 Å². The Bertz CT molecular complexity index is 410. The summed E-state index contributed by atoms with van der Waals surface area (Å²) in [6.07, 6.45) is 2.19. The molecule has 0 aromatic rings. The molecule has 2 heterocycles. The topological polar surface area (TPSA) is 58.8 Å². The lowest BCUT2D eigenvalue weighted by Gasteiger charge is -2.66. The van der Waals surface area contributed by atoms with Crippen LogP contribution < -0.4 is 5.73 Å². The third kappa shape index (κ3) is 2.29. The van der Waals surface area contributed by atoms with E-state index in [0.717, 1.165) is 45.6 Å². The summed E-state index contributed by atoms with van der Waals surface area (Å²) in [4.78, 5) is 17.2. The van der Waals surface area contributed by atoms with Crippen molar-refractivity contribution < 1.29 is 9.53 Å². The van der Waals surface area contributed by atoms with Gasteiger partial charge in [-0.05, 0) is 19.9 Å². The number of rotatable bonds is 1. The Morgan fingerprint density at radius 1 is 1.24 bits per heavy atom. The molecule has 0 bridgehead atoms. The average molecular weight is 318 g/mol. The minimum atomic E-state index is -0.742. The molecule has 122 valence electrons. The number of likely N-dealkylation sites (N-methyl/N-ethyl adjacent to an activating group) is 1. The normalized spacial score (nSPS) is 39.0. The molecule has 2 aliphatic heterocycles. The summed E-state index contributed by atoms with van der Waals surface area (Å²) in [7, 11) is 2.10. The predicted octanol–water partition coefficient (Wildman–Crippen LogP) is 0.715. The van der Waals surface area contributed by atoms with E-state index in [1.807, 2.05) is 4.90 Å². The SMILES string of the molecule is CN1CCN(C(=O)C2(N)C3CCCOC3C2(C)C)CC1.Cl. The Kier molecular flexibility index (Phi) is 4.60. The van der Waals surface area contributed by atoms with Gasteiger partial charge in [0.15, 0.2) is 0 Å². The summed E-state index contributed by atoms with van der Waals surface area (Å²) in [6.45, 7) is 8.45. The quantitative estimate of drug-likeness (QED) is 0.774. The smallest absolute Gasteiger partial charge is 0.243 e. The van der Waals surface area contributed by atoms with Crippen molar-refractivity contribution in [3.8, 4) is 0 Å². The van der Waals surface area contributed by atoms with Crippen LogP contribution in [0.25, 0.3) is 0 Å². The summed E-state index contributed by atoms with van der Waals surface area (Å²) in [5, 5.41) is 0. The van der Waals surface area contributed by atoms with Crippen LogP contribution in [-0.2, 0) is 9.53 Å². The van der Waals surface area contributed by atoms with Gasteiger partial charge in [0, 0.05) is 44.1 Å². The number of carbonyl (C=O) groups is 1. The molecular weight excluding hydrogens is 290 g/mol. The van der Waals surface area contributed by atoms with Crippen LogP contribution in [0.15, 0.2) is 0 Å². The van der Waals surface area contributed by atoms with Gasteiger partial charge in [0.2, 0.25) is 5.91 Å². The summed E-state index contributed by atoms with van der Waals surface area (Å²) in [5.41, 5.74) is 5.65. The summed E-state index contributed by atoms with van der Waals surface area (Å²) in [5.74, 6) is 0.334. The number of ether oxygens (including phenoxy) is 1. The van der Waals surface area contributed by atoms with E-state index in [2.05, 4.69) is 25.8 Å². The van der Waals surface area contributed by atoms with Crippen molar-refractivity contribution in [2.75, 3.05) is 39.8 Å². The van der Waals surface area contributed by atoms with Crippen molar-refractivity contribution in [1.29, 1.82) is 0 Å². The molecule has 3 rings (SSSR count). The number of halogens is 1. The fraction of sp³-hybridized carbons (Fsp3) is 0.933. The number of carbonyl (C=O) groups excluding carboxylic acids is 1. The third-order valence-corrected chi connectivity index (χ3v) is 5.83. The number of nitrogens with zero attached hydrogens (tertiary/aromatic N) is 2. The minimum Gasteiger partial charge on any atom is -0.377 e. The van der Waals surface area contributed by atoms with Gasteiger partial charge in [-0.25, -0.2) is 0 Å². The van der Waals surface area contributed by atoms with E-state index in [4.69, 9.17) is 10.5 Å². The van der Waals surface area contributed by atoms with Gasteiger partial charge in [-0.3, -0.25) is 4.79 Å². The number of piperazine rings is 1. The highest BCUT2D eigenvalue weighted by molar-refractivity contribution is 5.89. The standard InChI is InChI=1S/C15H27N3O2.ClH/c1-14(2)12-11(5-4-10-20-12)15(14,16)13(19)18-8-6-17(3)7-9-18;/h11-12H,4-10,16H2,1-3H3;1H. The first kappa shape index (κ1) is 17.0. The number of nitrogens with two attached hydrogens (primary N) is 1. The van der Waals surface area contributed by atoms with Crippen LogP contribution in [0.4, 0.5) is 0 Å². The van der Waals surface area contributed by atoms with E-state index in [-0.39, 0.29) is 35.8 Å². The molecular formula is C15H28ClN3O2. The molecule has 1 aliphatic carbocycles. The zero-order valence-corrected chi connectivity index (χ0v) is 14.1. The van der Waals surface area contributed by atoms with E-state index in [9.17, 15) is 4.79 Å². The highest BCUT2D eigenvalue weighted by Gasteiger charge is 2.70. The van der Waals surface area contributed by atoms with Crippen molar-refractivity contribution in [2.24, 2.45) is 17.1 Å². The number of hydrogen-bond acceptors (Lipinski definition) is 4. The van der Waals surface area contributed by atoms with Crippen LogP contribution in [0.3, 0.4) is 0 Å². The molecule has 2 N–H and O–H groups in total. The van der Waals surface area contributed by atoms with Gasteiger partial charge in [-0.2, -0.15) is 0 Å². The van der Waals surface area contributed by atoms with Crippen molar-refractivity contribution in [3.63, 3.8) is 0 Å². The first-order valence-electron chi connectivity index (χ1n) is 7.77. The zero-order chi connectivity index (χ0) is 14.5. The molecule has 1 saturated carbocycles. The molecule has 3 unspecified atom stereocenters. The summed E-state index contributed by atoms with van der Waals surface area (Å²) >= 11 is 0. The maximum atomic E-state index is 13.0. The van der Waals surface area contributed by atoms with Gasteiger partial charge in [0.25, 0.3) is 0 Å². The minimum absolute atomic E-state index is 0. The average Bonchev–Trinajstić information content (AvgIpc) is 2.46. The largest absolute Gasteiger partial charge is 0.377 e. The lowest BCUT2D eigenvalue weighted by Crippen LogP contribution is -2.82. The van der Waals surface area contributed by atoms with Crippen molar-refractivity contribution in [3.05, 3.63) is 0 Å². The lowest BCUT2D eigenvalue weighted by atomic mass is 9.46. The summed E-state index contributed by atoms with van der Waals surface area (Å²) in [6, 6.07) is 0. The highest BCUT2D eigenvalue weighted by atomic mass is 35.5. The van der Waals surface area contributed by atoms with E-state index in [1.54, 1.807) is 0 Å². The third-order valence-electron chi connectivity index (χ3n) is 5.83. The molecule has 3 atom stereocenters. The van der Waals surface area contributed by atoms with Crippen LogP contribution in [0.2, 0.25) is 0 Å². The Labute approximate surface area is 133 Å². The van der Waals surface area contributed by atoms with E-state index in [0.29, 0.717) is 0 Å². The Balaban J connectivity index is 0.00000161. The van der Waals surface area contributed by atoms with Crippen molar-refractivity contribution in [1.82, 2.24) is 9.80 Å². The second-order valence-electron chi connectivity index (χ2n) is 7.23. The molecule has 0 aromatic heterocycles. The first-order chi connectivity index (χ1) is 9.39. The van der Waals surface area contributed by atoms with Crippen LogP contribution in [0.5, 0.6) is 0 Å². The highest BCUT2D eigenvalue weighted by Crippen LogP contribution is 2.57. The molecule has 3 fully saturated rings. The second-order valence-corrected chi connectivity index (χ2v) is 7.23. The van der Waals surface area contributed by atoms with Crippen LogP contribution >= 0.6 is 12.4 Å². The van der Waals surface area contributed by atoms with Gasteiger partial charge in [-0.15, -0.1) is 12.4 Å². The van der Waals surface area contributed by atoms with Gasteiger partial charge >= 0.3 is 0 Å². The molecule has 0 spiro atoms. The molecule has 0 radical (unpaired) electrons. The molecule has 1 amide bonds. The fourth-order valence-corrected chi connectivity index (χ4v) is 4.28. The van der Waals surface area contributed by atoms with E-state index < -0.39 is 5.54 Å². The Morgan fingerprint density at radius 2 is 1.86 bits per heavy atom. The monoisotopic (exact) mass is 317 g/mol.